The minimum absolute atomic E-state index is 0.281. The van der Waals surface area contributed by atoms with Gasteiger partial charge >= 0.3 is 6.29 Å². The van der Waals surface area contributed by atoms with E-state index in [0.717, 1.165) is 25.1 Å². The number of ether oxygens (including phenoxy) is 2. The summed E-state index contributed by atoms with van der Waals surface area (Å²) in [5, 5.41) is 19.8. The lowest BCUT2D eigenvalue weighted by molar-refractivity contribution is -0.286. The second-order valence-corrected chi connectivity index (χ2v) is 9.00. The van der Waals surface area contributed by atoms with Gasteiger partial charge in [-0.2, -0.15) is 0 Å². The summed E-state index contributed by atoms with van der Waals surface area (Å²) in [6.07, 6.45) is -15.2. The number of nitrogens with zero attached hydrogens (tertiary/aromatic N) is 1. The summed E-state index contributed by atoms with van der Waals surface area (Å²) in [5.41, 5.74) is -7.64. The van der Waals surface area contributed by atoms with Crippen LogP contribution in [-0.4, -0.2) is 39.5 Å². The summed E-state index contributed by atoms with van der Waals surface area (Å²) in [6.45, 7) is -5.45. The molecule has 2 atom stereocenters. The van der Waals surface area contributed by atoms with Gasteiger partial charge in [0.1, 0.15) is 11.6 Å². The van der Waals surface area contributed by atoms with Crippen LogP contribution in [0.4, 0.5) is 13.2 Å². The largest absolute Gasteiger partial charge is 0.586 e. The summed E-state index contributed by atoms with van der Waals surface area (Å²) in [4.78, 5) is 14.0. The lowest BCUT2D eigenvalue weighted by atomic mass is 9.86. The van der Waals surface area contributed by atoms with Crippen LogP contribution in [0, 0.1) is 5.82 Å². The van der Waals surface area contributed by atoms with E-state index >= 15 is 4.39 Å². The summed E-state index contributed by atoms with van der Waals surface area (Å²) in [5.74, 6) is -4.19. The number of carbonyl (C=O) groups excluding carboxylic acids is 1. The van der Waals surface area contributed by atoms with Gasteiger partial charge in [-0.1, -0.05) is 26.8 Å². The number of aliphatic hydroxyl groups is 2. The highest BCUT2D eigenvalue weighted by Gasteiger charge is 2.52. The predicted octanol–water partition coefficient (Wildman–Crippen LogP) is 4.99. The highest BCUT2D eigenvalue weighted by Crippen LogP contribution is 2.52. The first kappa shape index (κ1) is 14.2. The molecule has 2 aliphatic rings. The van der Waals surface area contributed by atoms with Crippen LogP contribution in [0.2, 0.25) is 0 Å². The van der Waals surface area contributed by atoms with Gasteiger partial charge in [0.15, 0.2) is 11.5 Å². The zero-order chi connectivity index (χ0) is 38.2. The number of hydrogen-bond donors (Lipinski definition) is 2. The van der Waals surface area contributed by atoms with Crippen molar-refractivity contribution in [2.45, 2.75) is 76.0 Å². The van der Waals surface area contributed by atoms with Crippen LogP contribution < -0.4 is 9.47 Å². The van der Waals surface area contributed by atoms with Gasteiger partial charge in [-0.15, -0.1) is 8.78 Å². The van der Waals surface area contributed by atoms with E-state index in [4.69, 9.17) is 17.8 Å². The molecule has 3 aromatic rings. The fourth-order valence-corrected chi connectivity index (χ4v) is 4.15. The number of hydrogen-bond acceptors (Lipinski definition) is 5. The minimum Gasteiger partial charge on any atom is -0.395 e. The smallest absolute Gasteiger partial charge is 0.395 e. The summed E-state index contributed by atoms with van der Waals surface area (Å²) >= 11 is 0. The fourth-order valence-electron chi connectivity index (χ4n) is 4.15. The monoisotopic (exact) mass is 530 g/mol. The van der Waals surface area contributed by atoms with Crippen LogP contribution >= 0.6 is 0 Å². The molecular formula is C28H30F3NO5. The second-order valence-electron chi connectivity index (χ2n) is 9.00. The number of alkyl halides is 2. The van der Waals surface area contributed by atoms with Crippen molar-refractivity contribution in [1.82, 2.24) is 4.57 Å². The number of aromatic nitrogens is 1. The maximum absolute atomic E-state index is 16.2. The molecule has 1 aromatic heterocycles. The van der Waals surface area contributed by atoms with Crippen LogP contribution in [-0.2, 0) is 28.6 Å². The van der Waals surface area contributed by atoms with Crippen LogP contribution in [0.1, 0.15) is 74.5 Å². The number of fused-ring (bicyclic) bond motifs is 2. The third kappa shape index (κ3) is 4.48. The van der Waals surface area contributed by atoms with Crippen molar-refractivity contribution in [3.8, 4) is 11.5 Å². The third-order valence-corrected chi connectivity index (χ3v) is 6.42. The van der Waals surface area contributed by atoms with Gasteiger partial charge in [-0.3, -0.25) is 4.79 Å². The SMILES string of the molecule is [2H]c1c(CC(=O)C2(c3ccc4c(c3)OC(F)(F)O4)C([2H])([2H])C2([2H])[2H])c(F)c([2H])c2c1c([2H])c(C(C)(CC)C([2H])([2H])[2H])n2C[C@]([2H])(O)C([2H])([2H])O. The molecule has 37 heavy (non-hydrogen) atoms. The molecule has 6 nitrogen and oxygen atoms in total. The van der Waals surface area contributed by atoms with E-state index in [0.29, 0.717) is 4.57 Å². The zero-order valence-corrected chi connectivity index (χ0v) is 19.6. The van der Waals surface area contributed by atoms with Gasteiger partial charge in [0, 0.05) is 32.5 Å². The Hall–Kier alpha value is -3.04. The topological polar surface area (TPSA) is 80.9 Å². The predicted molar refractivity (Wildman–Crippen MR) is 131 cm³/mol. The van der Waals surface area contributed by atoms with Gasteiger partial charge in [0.2, 0.25) is 0 Å². The third-order valence-electron chi connectivity index (χ3n) is 6.42. The number of ketones is 1. The number of Topliss-reactive ketones (excluding diaryl/α,β-unsaturated/α-hetero) is 1. The highest BCUT2D eigenvalue weighted by molar-refractivity contribution is 5.95. The van der Waals surface area contributed by atoms with Crippen molar-refractivity contribution in [3.63, 3.8) is 0 Å². The first-order chi connectivity index (χ1) is 22.5. The van der Waals surface area contributed by atoms with E-state index in [9.17, 15) is 23.8 Å². The Morgan fingerprint density at radius 3 is 2.73 bits per heavy atom. The molecule has 0 bridgehead atoms. The zero-order valence-electron chi connectivity index (χ0n) is 32.6. The molecular weight excluding hydrogens is 487 g/mol. The lowest BCUT2D eigenvalue weighted by Crippen LogP contribution is -2.26. The van der Waals surface area contributed by atoms with Gasteiger partial charge in [-0.05, 0) is 60.6 Å². The molecule has 198 valence electrons. The molecule has 1 saturated carbocycles. The Morgan fingerprint density at radius 1 is 1.35 bits per heavy atom. The molecule has 0 amide bonds. The van der Waals surface area contributed by atoms with Gasteiger partial charge in [0.25, 0.3) is 0 Å². The minimum atomic E-state index is -4.12. The van der Waals surface area contributed by atoms with Crippen molar-refractivity contribution in [2.24, 2.45) is 0 Å². The van der Waals surface area contributed by atoms with Crippen LogP contribution in [0.15, 0.2) is 36.3 Å². The van der Waals surface area contributed by atoms with Crippen molar-refractivity contribution in [1.29, 1.82) is 0 Å². The number of benzene rings is 2. The lowest BCUT2D eigenvalue weighted by Gasteiger charge is -2.26. The summed E-state index contributed by atoms with van der Waals surface area (Å²) in [7, 11) is 0. The molecule has 1 aliphatic carbocycles. The standard InChI is InChI=1S/C28H30F3NO5/c1-4-26(2,3)24-10-17-9-16(20(29)13-21(17)32(24)14-19(34)15-33)11-25(35)27(7-8-27)18-5-6-22-23(12-18)37-28(30,31)36-22/h5-6,9-10,12-13,19,33-34H,4,7-8,11,14-15H2,1-3H3/t19-/m0/s1/i2D3,7D2,8D2,9D,10D,13D,15D2,19D/t19-,26?. The molecule has 0 spiro atoms. The molecule has 0 radical (unpaired) electrons. The maximum Gasteiger partial charge on any atom is 0.586 e. The number of carbonyl (C=O) groups is 1. The quantitative estimate of drug-likeness (QED) is 0.408. The first-order valence-electron chi connectivity index (χ1n) is 17.7. The molecule has 2 heterocycles. The highest BCUT2D eigenvalue weighted by atomic mass is 19.3. The van der Waals surface area contributed by atoms with E-state index in [1.54, 1.807) is 0 Å². The molecule has 0 saturated heterocycles. The molecule has 2 N–H and O–H groups in total. The fraction of sp³-hybridized carbons (Fsp3) is 0.464. The van der Waals surface area contributed by atoms with E-state index in [2.05, 4.69) is 9.47 Å². The van der Waals surface area contributed by atoms with Crippen LogP contribution in [0.25, 0.3) is 10.9 Å². The van der Waals surface area contributed by atoms with Crippen molar-refractivity contribution in [2.75, 3.05) is 6.56 Å². The maximum atomic E-state index is 16.2. The Morgan fingerprint density at radius 2 is 2.08 bits per heavy atom. The molecule has 1 unspecified atom stereocenters. The number of rotatable bonds is 9. The second kappa shape index (κ2) is 8.77. The van der Waals surface area contributed by atoms with Crippen molar-refractivity contribution >= 4 is 16.7 Å². The molecule has 1 aliphatic heterocycles. The van der Waals surface area contributed by atoms with Crippen LogP contribution in [0.3, 0.4) is 0 Å². The molecule has 9 heteroatoms. The average molecular weight is 531 g/mol. The number of halogens is 3. The summed E-state index contributed by atoms with van der Waals surface area (Å²) < 4.78 is 161. The Kier molecular flexibility index (Phi) is 3.37. The van der Waals surface area contributed by atoms with E-state index in [1.165, 1.54) is 6.92 Å². The Labute approximate surface area is 230 Å². The van der Waals surface area contributed by atoms with Gasteiger partial charge in [0.05, 0.1) is 38.3 Å². The van der Waals surface area contributed by atoms with Gasteiger partial charge < -0.3 is 24.3 Å². The molecule has 1 fully saturated rings. The van der Waals surface area contributed by atoms with Crippen LogP contribution in [0.5, 0.6) is 11.5 Å². The van der Waals surface area contributed by atoms with Crippen molar-refractivity contribution < 1.29 is 55.5 Å². The van der Waals surface area contributed by atoms with Gasteiger partial charge in [-0.25, -0.2) is 4.39 Å². The van der Waals surface area contributed by atoms with E-state index < -0.39 is 131 Å². The van der Waals surface area contributed by atoms with E-state index in [-0.39, 0.29) is 6.42 Å². The molecule has 2 aromatic carbocycles. The molecule has 5 rings (SSSR count). The van der Waals surface area contributed by atoms with Crippen molar-refractivity contribution in [3.05, 3.63) is 59.0 Å². The average Bonchev–Trinajstić information content (AvgIpc) is 3.20. The first-order valence-corrected chi connectivity index (χ1v) is 11.2. The Balaban J connectivity index is 1.75. The summed E-state index contributed by atoms with van der Waals surface area (Å²) in [6, 6.07) is -0.436. The van der Waals surface area contributed by atoms with E-state index in [1.807, 2.05) is 0 Å². The normalized spacial score (nSPS) is 29.0. The Bertz CT molecular complexity index is 1930.